The van der Waals surface area contributed by atoms with Crippen molar-refractivity contribution in [3.8, 4) is 0 Å². The van der Waals surface area contributed by atoms with Crippen LogP contribution in [0.3, 0.4) is 0 Å². The third-order valence-corrected chi connectivity index (χ3v) is 1.73. The fourth-order valence-electron chi connectivity index (χ4n) is 0.913. The number of rotatable bonds is 3. The number of hydrogen-bond acceptors (Lipinski definition) is 1. The van der Waals surface area contributed by atoms with Crippen LogP contribution in [0, 0.1) is 11.3 Å². The van der Waals surface area contributed by atoms with E-state index in [4.69, 9.17) is 5.11 Å². The Morgan fingerprint density at radius 1 is 1.15 bits per heavy atom. The summed E-state index contributed by atoms with van der Waals surface area (Å²) >= 11 is 0. The molecular formula is C12H28O. The molecule has 0 amide bonds. The van der Waals surface area contributed by atoms with E-state index in [9.17, 15) is 0 Å². The number of aliphatic hydroxyl groups is 1. The van der Waals surface area contributed by atoms with Crippen molar-refractivity contribution in [2.45, 2.75) is 60.8 Å². The molecule has 1 nitrogen and oxygen atoms in total. The smallest absolute Gasteiger partial charge is 0.0436 e. The second-order valence-corrected chi connectivity index (χ2v) is 5.22. The average molecular weight is 188 g/mol. The average Bonchev–Trinajstić information content (AvgIpc) is 1.84. The van der Waals surface area contributed by atoms with Crippen LogP contribution in [0.4, 0.5) is 0 Å². The summed E-state index contributed by atoms with van der Waals surface area (Å²) < 4.78 is 0. The van der Waals surface area contributed by atoms with Crippen LogP contribution in [-0.2, 0) is 0 Å². The first-order chi connectivity index (χ1) is 5.83. The highest BCUT2D eigenvalue weighted by atomic mass is 16.3. The summed E-state index contributed by atoms with van der Waals surface area (Å²) in [7, 11) is 0. The van der Waals surface area contributed by atoms with Crippen LogP contribution in [0.25, 0.3) is 0 Å². The van der Waals surface area contributed by atoms with Gasteiger partial charge in [0.05, 0.1) is 0 Å². The molecule has 0 aliphatic rings. The SMILES string of the molecule is CC(C)(C)CCO.CCCC(C)C. The molecule has 0 bridgehead atoms. The Bertz CT molecular complexity index is 89.8. The zero-order valence-electron chi connectivity index (χ0n) is 10.4. The van der Waals surface area contributed by atoms with E-state index in [-0.39, 0.29) is 0 Å². The number of hydrogen-bond donors (Lipinski definition) is 1. The van der Waals surface area contributed by atoms with E-state index in [1.807, 2.05) is 0 Å². The van der Waals surface area contributed by atoms with Gasteiger partial charge in [0.15, 0.2) is 0 Å². The molecule has 1 N–H and O–H groups in total. The van der Waals surface area contributed by atoms with Crippen molar-refractivity contribution in [3.05, 3.63) is 0 Å². The van der Waals surface area contributed by atoms with Gasteiger partial charge in [0.1, 0.15) is 0 Å². The first-order valence-corrected chi connectivity index (χ1v) is 5.44. The largest absolute Gasteiger partial charge is 0.396 e. The van der Waals surface area contributed by atoms with Gasteiger partial charge >= 0.3 is 0 Å². The zero-order valence-corrected chi connectivity index (χ0v) is 10.4. The van der Waals surface area contributed by atoms with Crippen molar-refractivity contribution < 1.29 is 5.11 Å². The number of aliphatic hydroxyl groups excluding tert-OH is 1. The second-order valence-electron chi connectivity index (χ2n) is 5.22. The van der Waals surface area contributed by atoms with Crippen LogP contribution < -0.4 is 0 Å². The molecule has 1 heteroatoms. The van der Waals surface area contributed by atoms with E-state index >= 15 is 0 Å². The fraction of sp³-hybridized carbons (Fsp3) is 1.00. The van der Waals surface area contributed by atoms with Crippen LogP contribution in [-0.4, -0.2) is 11.7 Å². The fourth-order valence-corrected chi connectivity index (χ4v) is 0.913. The molecule has 0 heterocycles. The first-order valence-electron chi connectivity index (χ1n) is 5.44. The van der Waals surface area contributed by atoms with Gasteiger partial charge < -0.3 is 5.11 Å². The Labute approximate surface area is 84.6 Å². The van der Waals surface area contributed by atoms with Crippen molar-refractivity contribution >= 4 is 0 Å². The lowest BCUT2D eigenvalue weighted by atomic mass is 9.93. The lowest BCUT2D eigenvalue weighted by Crippen LogP contribution is -2.06. The summed E-state index contributed by atoms with van der Waals surface area (Å²) in [5, 5.41) is 8.40. The van der Waals surface area contributed by atoms with Gasteiger partial charge in [-0.3, -0.25) is 0 Å². The third kappa shape index (κ3) is 24.5. The van der Waals surface area contributed by atoms with Gasteiger partial charge in [-0.15, -0.1) is 0 Å². The summed E-state index contributed by atoms with van der Waals surface area (Å²) in [6.45, 7) is 13.4. The van der Waals surface area contributed by atoms with Gasteiger partial charge in [0.2, 0.25) is 0 Å². The molecule has 0 saturated heterocycles. The van der Waals surface area contributed by atoms with Gasteiger partial charge in [0.25, 0.3) is 0 Å². The van der Waals surface area contributed by atoms with Crippen LogP contribution in [0.2, 0.25) is 0 Å². The third-order valence-electron chi connectivity index (χ3n) is 1.73. The zero-order chi connectivity index (χ0) is 10.9. The van der Waals surface area contributed by atoms with E-state index in [2.05, 4.69) is 41.5 Å². The van der Waals surface area contributed by atoms with Crippen LogP contribution in [0.1, 0.15) is 60.8 Å². The molecule has 13 heavy (non-hydrogen) atoms. The summed E-state index contributed by atoms with van der Waals surface area (Å²) in [5.41, 5.74) is 0.300. The van der Waals surface area contributed by atoms with E-state index in [1.165, 1.54) is 12.8 Å². The molecular weight excluding hydrogens is 160 g/mol. The lowest BCUT2D eigenvalue weighted by molar-refractivity contribution is 0.225. The van der Waals surface area contributed by atoms with Crippen molar-refractivity contribution in [2.75, 3.05) is 6.61 Å². The van der Waals surface area contributed by atoms with Gasteiger partial charge in [-0.25, -0.2) is 0 Å². The molecule has 0 radical (unpaired) electrons. The minimum Gasteiger partial charge on any atom is -0.396 e. The maximum absolute atomic E-state index is 8.40. The molecule has 0 unspecified atom stereocenters. The summed E-state index contributed by atoms with van der Waals surface area (Å²) in [5.74, 6) is 0.898. The molecule has 0 rings (SSSR count). The maximum Gasteiger partial charge on any atom is 0.0436 e. The Kier molecular flexibility index (Phi) is 10.2. The molecule has 0 aromatic carbocycles. The van der Waals surface area contributed by atoms with Gasteiger partial charge in [-0.05, 0) is 17.8 Å². The van der Waals surface area contributed by atoms with E-state index in [0.717, 1.165) is 12.3 Å². The van der Waals surface area contributed by atoms with Gasteiger partial charge in [0, 0.05) is 6.61 Å². The molecule has 0 aromatic rings. The predicted octanol–water partition coefficient (Wildman–Crippen LogP) is 3.86. The molecule has 0 aromatic heterocycles. The molecule has 0 spiro atoms. The summed E-state index contributed by atoms with van der Waals surface area (Å²) in [6.07, 6.45) is 3.60. The van der Waals surface area contributed by atoms with E-state index in [1.54, 1.807) is 0 Å². The molecule has 82 valence electrons. The molecule has 0 fully saturated rings. The monoisotopic (exact) mass is 188 g/mol. The Balaban J connectivity index is 0. The Morgan fingerprint density at radius 3 is 1.62 bits per heavy atom. The molecule has 0 aliphatic heterocycles. The molecule has 0 saturated carbocycles. The van der Waals surface area contributed by atoms with E-state index < -0.39 is 0 Å². The highest BCUT2D eigenvalue weighted by Crippen LogP contribution is 2.16. The first kappa shape index (κ1) is 15.4. The van der Waals surface area contributed by atoms with Crippen molar-refractivity contribution in [2.24, 2.45) is 11.3 Å². The van der Waals surface area contributed by atoms with Crippen LogP contribution in [0.5, 0.6) is 0 Å². The quantitative estimate of drug-likeness (QED) is 0.713. The Hall–Kier alpha value is -0.0400. The summed E-state index contributed by atoms with van der Waals surface area (Å²) in [4.78, 5) is 0. The minimum absolute atomic E-state index is 0.300. The van der Waals surface area contributed by atoms with Crippen molar-refractivity contribution in [1.82, 2.24) is 0 Å². The highest BCUT2D eigenvalue weighted by molar-refractivity contribution is 4.58. The minimum atomic E-state index is 0.300. The predicted molar refractivity (Wildman–Crippen MR) is 60.9 cm³/mol. The molecule has 0 atom stereocenters. The van der Waals surface area contributed by atoms with Crippen molar-refractivity contribution in [3.63, 3.8) is 0 Å². The van der Waals surface area contributed by atoms with Gasteiger partial charge in [-0.1, -0.05) is 54.4 Å². The highest BCUT2D eigenvalue weighted by Gasteiger charge is 2.06. The van der Waals surface area contributed by atoms with Gasteiger partial charge in [-0.2, -0.15) is 0 Å². The molecule has 0 aliphatic carbocycles. The topological polar surface area (TPSA) is 20.2 Å². The van der Waals surface area contributed by atoms with Crippen molar-refractivity contribution in [1.29, 1.82) is 0 Å². The van der Waals surface area contributed by atoms with E-state index in [0.29, 0.717) is 12.0 Å². The standard InChI is InChI=1S/C6H14O.C6H14/c1-6(2,3)4-5-7;1-4-5-6(2)3/h7H,4-5H2,1-3H3;6H,4-5H2,1-3H3. The summed E-state index contributed by atoms with van der Waals surface area (Å²) in [6, 6.07) is 0. The maximum atomic E-state index is 8.40. The Morgan fingerprint density at radius 2 is 1.62 bits per heavy atom. The van der Waals surface area contributed by atoms with Crippen LogP contribution >= 0.6 is 0 Å². The normalized spacial score (nSPS) is 11.1. The lowest BCUT2D eigenvalue weighted by Gasteiger charge is -2.14. The van der Waals surface area contributed by atoms with Crippen LogP contribution in [0.15, 0.2) is 0 Å². The second kappa shape index (κ2) is 8.55.